The van der Waals surface area contributed by atoms with Crippen LogP contribution in [-0.2, 0) is 0 Å². The van der Waals surface area contributed by atoms with Crippen LogP contribution in [0.1, 0.15) is 17.3 Å². The van der Waals surface area contributed by atoms with Crippen LogP contribution in [0.2, 0.25) is 0 Å². The Morgan fingerprint density at radius 1 is 1.46 bits per heavy atom. The molecule has 0 radical (unpaired) electrons. The third-order valence-electron chi connectivity index (χ3n) is 2.00. The Hall–Kier alpha value is -0.960. The number of hydrogen-bond acceptors (Lipinski definition) is 2. The lowest BCUT2D eigenvalue weighted by atomic mass is 10.2. The number of benzene rings is 1. The fraction of sp³-hybridized carbons (Fsp3) is 0.300. The van der Waals surface area contributed by atoms with Gasteiger partial charge in [-0.05, 0) is 19.1 Å². The average Bonchev–Trinajstić information content (AvgIpc) is 2.27. The number of carbonyl (C=O) groups excluding carboxylic acids is 1. The molecular formula is C10H11NOS. The van der Waals surface area contributed by atoms with Gasteiger partial charge in [0, 0.05) is 16.7 Å². The third-order valence-corrected chi connectivity index (χ3v) is 3.33. The Bertz CT molecular complexity index is 337. The van der Waals surface area contributed by atoms with Gasteiger partial charge < -0.3 is 5.32 Å². The lowest BCUT2D eigenvalue weighted by Crippen LogP contribution is -2.32. The van der Waals surface area contributed by atoms with Gasteiger partial charge in [0.05, 0.1) is 5.56 Å². The highest BCUT2D eigenvalue weighted by Gasteiger charge is 2.18. The summed E-state index contributed by atoms with van der Waals surface area (Å²) < 4.78 is 0. The number of carbonyl (C=O) groups is 1. The SMILES string of the molecule is C[C@H]1CSc2ccccc2C(=O)N1. The normalized spacial score (nSPS) is 21.6. The zero-order valence-corrected chi connectivity index (χ0v) is 8.23. The van der Waals surface area contributed by atoms with Gasteiger partial charge in [-0.1, -0.05) is 12.1 Å². The molecule has 3 heteroatoms. The van der Waals surface area contributed by atoms with Crippen LogP contribution >= 0.6 is 11.8 Å². The topological polar surface area (TPSA) is 29.1 Å². The van der Waals surface area contributed by atoms with E-state index >= 15 is 0 Å². The molecule has 2 nitrogen and oxygen atoms in total. The Morgan fingerprint density at radius 3 is 3.08 bits per heavy atom. The van der Waals surface area contributed by atoms with E-state index in [2.05, 4.69) is 5.32 Å². The first kappa shape index (κ1) is 8.63. The van der Waals surface area contributed by atoms with Crippen LogP contribution in [0.4, 0.5) is 0 Å². The second kappa shape index (κ2) is 3.42. The predicted octanol–water partition coefficient (Wildman–Crippen LogP) is 1.91. The van der Waals surface area contributed by atoms with E-state index in [0.29, 0.717) is 0 Å². The molecule has 0 bridgehead atoms. The average molecular weight is 193 g/mol. The molecule has 2 rings (SSSR count). The maximum Gasteiger partial charge on any atom is 0.252 e. The van der Waals surface area contributed by atoms with E-state index in [-0.39, 0.29) is 11.9 Å². The molecule has 1 aromatic carbocycles. The van der Waals surface area contributed by atoms with E-state index in [1.807, 2.05) is 31.2 Å². The number of rotatable bonds is 0. The van der Waals surface area contributed by atoms with Gasteiger partial charge in [-0.3, -0.25) is 4.79 Å². The molecule has 1 N–H and O–H groups in total. The first-order chi connectivity index (χ1) is 6.27. The second-order valence-electron chi connectivity index (χ2n) is 3.18. The second-order valence-corrected chi connectivity index (χ2v) is 4.24. The Morgan fingerprint density at radius 2 is 2.23 bits per heavy atom. The number of fused-ring (bicyclic) bond motifs is 1. The molecule has 1 aliphatic rings. The summed E-state index contributed by atoms with van der Waals surface area (Å²) in [6, 6.07) is 7.99. The maximum atomic E-state index is 11.6. The minimum absolute atomic E-state index is 0.0492. The van der Waals surface area contributed by atoms with Crippen LogP contribution in [-0.4, -0.2) is 17.7 Å². The molecule has 1 aliphatic heterocycles. The Balaban J connectivity index is 2.40. The molecule has 0 fully saturated rings. The molecule has 1 atom stereocenters. The van der Waals surface area contributed by atoms with E-state index in [4.69, 9.17) is 0 Å². The highest BCUT2D eigenvalue weighted by Crippen LogP contribution is 2.25. The first-order valence-corrected chi connectivity index (χ1v) is 5.28. The van der Waals surface area contributed by atoms with Gasteiger partial charge in [-0.25, -0.2) is 0 Å². The summed E-state index contributed by atoms with van der Waals surface area (Å²) in [4.78, 5) is 12.7. The number of nitrogens with one attached hydrogen (secondary N) is 1. The summed E-state index contributed by atoms with van der Waals surface area (Å²) >= 11 is 1.74. The quantitative estimate of drug-likeness (QED) is 0.682. The zero-order chi connectivity index (χ0) is 9.26. The lowest BCUT2D eigenvalue weighted by molar-refractivity contribution is 0.0942. The van der Waals surface area contributed by atoms with Crippen molar-refractivity contribution in [2.24, 2.45) is 0 Å². The third kappa shape index (κ3) is 1.70. The molecule has 0 spiro atoms. The van der Waals surface area contributed by atoms with Crippen LogP contribution in [0.5, 0.6) is 0 Å². The largest absolute Gasteiger partial charge is 0.349 e. The van der Waals surface area contributed by atoms with Crippen molar-refractivity contribution in [1.82, 2.24) is 5.32 Å². The van der Waals surface area contributed by atoms with Gasteiger partial charge in [0.1, 0.15) is 0 Å². The lowest BCUT2D eigenvalue weighted by Gasteiger charge is -2.07. The number of amides is 1. The Kier molecular flexibility index (Phi) is 2.27. The van der Waals surface area contributed by atoms with Gasteiger partial charge in [0.2, 0.25) is 0 Å². The van der Waals surface area contributed by atoms with Crippen molar-refractivity contribution < 1.29 is 4.79 Å². The molecule has 0 unspecified atom stereocenters. The van der Waals surface area contributed by atoms with Crippen molar-refractivity contribution in [1.29, 1.82) is 0 Å². The minimum atomic E-state index is 0.0492. The van der Waals surface area contributed by atoms with E-state index < -0.39 is 0 Å². The van der Waals surface area contributed by atoms with Crippen LogP contribution in [0.25, 0.3) is 0 Å². The van der Waals surface area contributed by atoms with Gasteiger partial charge in [-0.15, -0.1) is 11.8 Å². The van der Waals surface area contributed by atoms with Crippen molar-refractivity contribution in [2.75, 3.05) is 5.75 Å². The molecule has 68 valence electrons. The molecule has 0 aromatic heterocycles. The maximum absolute atomic E-state index is 11.6. The smallest absolute Gasteiger partial charge is 0.252 e. The van der Waals surface area contributed by atoms with Crippen LogP contribution in [0, 0.1) is 0 Å². The standard InChI is InChI=1S/C10H11NOS/c1-7-6-13-9-5-3-2-4-8(9)10(12)11-7/h2-5,7H,6H2,1H3,(H,11,12)/t7-/m0/s1. The summed E-state index contributed by atoms with van der Waals surface area (Å²) in [6.45, 7) is 2.02. The van der Waals surface area contributed by atoms with Gasteiger partial charge in [-0.2, -0.15) is 0 Å². The van der Waals surface area contributed by atoms with E-state index in [1.54, 1.807) is 11.8 Å². The molecule has 13 heavy (non-hydrogen) atoms. The van der Waals surface area contributed by atoms with Crippen molar-refractivity contribution in [3.63, 3.8) is 0 Å². The highest BCUT2D eigenvalue weighted by molar-refractivity contribution is 7.99. The van der Waals surface area contributed by atoms with E-state index in [9.17, 15) is 4.79 Å². The zero-order valence-electron chi connectivity index (χ0n) is 7.41. The molecule has 0 saturated carbocycles. The first-order valence-electron chi connectivity index (χ1n) is 4.30. The highest BCUT2D eigenvalue weighted by atomic mass is 32.2. The summed E-state index contributed by atoms with van der Waals surface area (Å²) in [7, 11) is 0. The van der Waals surface area contributed by atoms with Crippen LogP contribution < -0.4 is 5.32 Å². The number of hydrogen-bond donors (Lipinski definition) is 1. The summed E-state index contributed by atoms with van der Waals surface area (Å²) in [6.07, 6.45) is 0. The van der Waals surface area contributed by atoms with Crippen molar-refractivity contribution in [3.8, 4) is 0 Å². The van der Waals surface area contributed by atoms with Gasteiger partial charge in [0.15, 0.2) is 0 Å². The van der Waals surface area contributed by atoms with Crippen molar-refractivity contribution in [2.45, 2.75) is 17.9 Å². The molecule has 1 aromatic rings. The summed E-state index contributed by atoms with van der Waals surface area (Å²) in [5, 5.41) is 2.94. The summed E-state index contributed by atoms with van der Waals surface area (Å²) in [5.41, 5.74) is 0.803. The predicted molar refractivity (Wildman–Crippen MR) is 54.1 cm³/mol. The van der Waals surface area contributed by atoms with Gasteiger partial charge >= 0.3 is 0 Å². The fourth-order valence-corrected chi connectivity index (χ4v) is 2.34. The molecule has 1 heterocycles. The van der Waals surface area contributed by atoms with E-state index in [0.717, 1.165) is 16.2 Å². The fourth-order valence-electron chi connectivity index (χ4n) is 1.34. The van der Waals surface area contributed by atoms with E-state index in [1.165, 1.54) is 0 Å². The van der Waals surface area contributed by atoms with Gasteiger partial charge in [0.25, 0.3) is 5.91 Å². The summed E-state index contributed by atoms with van der Waals surface area (Å²) in [5.74, 6) is 0.996. The van der Waals surface area contributed by atoms with Crippen LogP contribution in [0.15, 0.2) is 29.2 Å². The molecular weight excluding hydrogens is 182 g/mol. The Labute approximate surface area is 81.7 Å². The number of thioether (sulfide) groups is 1. The molecule has 0 aliphatic carbocycles. The minimum Gasteiger partial charge on any atom is -0.349 e. The molecule has 0 saturated heterocycles. The van der Waals surface area contributed by atoms with Crippen molar-refractivity contribution in [3.05, 3.63) is 29.8 Å². The van der Waals surface area contributed by atoms with Crippen LogP contribution in [0.3, 0.4) is 0 Å². The monoisotopic (exact) mass is 193 g/mol. The molecule has 1 amide bonds. The van der Waals surface area contributed by atoms with Crippen molar-refractivity contribution >= 4 is 17.7 Å².